The predicted octanol–water partition coefficient (Wildman–Crippen LogP) is 0.141. The summed E-state index contributed by atoms with van der Waals surface area (Å²) in [5.41, 5.74) is 0.685. The average Bonchev–Trinajstić information content (AvgIpc) is 2.17. The SMILES string of the molecule is Cc1ccc(S(=O)(=O)N[C@@H](C)C(=O)O)cn1. The van der Waals surface area contributed by atoms with Crippen LogP contribution in [0.25, 0.3) is 0 Å². The number of hydrogen-bond donors (Lipinski definition) is 2. The van der Waals surface area contributed by atoms with Crippen molar-refractivity contribution in [3.63, 3.8) is 0 Å². The Labute approximate surface area is 93.4 Å². The molecule has 0 unspecified atom stereocenters. The Bertz CT molecular complexity index is 481. The van der Waals surface area contributed by atoms with Crippen molar-refractivity contribution in [3.8, 4) is 0 Å². The lowest BCUT2D eigenvalue weighted by molar-refractivity contribution is -0.138. The van der Waals surface area contributed by atoms with E-state index in [-0.39, 0.29) is 4.90 Å². The number of nitrogens with zero attached hydrogens (tertiary/aromatic N) is 1. The lowest BCUT2D eigenvalue weighted by Crippen LogP contribution is -2.38. The second kappa shape index (κ2) is 4.58. The molecule has 1 heterocycles. The van der Waals surface area contributed by atoms with E-state index in [0.29, 0.717) is 5.69 Å². The molecule has 88 valence electrons. The molecule has 6 nitrogen and oxygen atoms in total. The molecular weight excluding hydrogens is 232 g/mol. The van der Waals surface area contributed by atoms with Crippen LogP contribution in [0, 0.1) is 6.92 Å². The normalized spacial score (nSPS) is 13.4. The Hall–Kier alpha value is -1.47. The number of aliphatic carboxylic acids is 1. The molecule has 0 spiro atoms. The van der Waals surface area contributed by atoms with Crippen molar-refractivity contribution in [2.24, 2.45) is 0 Å². The first-order chi connectivity index (χ1) is 7.33. The van der Waals surface area contributed by atoms with E-state index >= 15 is 0 Å². The Morgan fingerprint density at radius 2 is 2.12 bits per heavy atom. The molecule has 7 heteroatoms. The quantitative estimate of drug-likeness (QED) is 0.785. The molecule has 16 heavy (non-hydrogen) atoms. The van der Waals surface area contributed by atoms with Gasteiger partial charge in [-0.2, -0.15) is 4.72 Å². The van der Waals surface area contributed by atoms with Gasteiger partial charge in [0.2, 0.25) is 10.0 Å². The molecular formula is C9H12N2O4S. The van der Waals surface area contributed by atoms with E-state index in [4.69, 9.17) is 5.11 Å². The largest absolute Gasteiger partial charge is 0.480 e. The fourth-order valence-electron chi connectivity index (χ4n) is 0.964. The minimum Gasteiger partial charge on any atom is -0.480 e. The minimum atomic E-state index is -3.81. The van der Waals surface area contributed by atoms with Gasteiger partial charge in [0.05, 0.1) is 0 Å². The van der Waals surface area contributed by atoms with Crippen LogP contribution in [0.2, 0.25) is 0 Å². The summed E-state index contributed by atoms with van der Waals surface area (Å²) in [6.45, 7) is 2.98. The van der Waals surface area contributed by atoms with Gasteiger partial charge >= 0.3 is 5.97 Å². The standard InChI is InChI=1S/C9H12N2O4S/c1-6-3-4-8(5-10-6)16(14,15)11-7(2)9(12)13/h3-5,7,11H,1-2H3,(H,12,13)/t7-/m0/s1. The van der Waals surface area contributed by atoms with Gasteiger partial charge in [0.25, 0.3) is 0 Å². The molecule has 1 aromatic heterocycles. The molecule has 0 saturated carbocycles. The third-order valence-corrected chi connectivity index (χ3v) is 3.42. The molecule has 1 rings (SSSR count). The predicted molar refractivity (Wildman–Crippen MR) is 56.4 cm³/mol. The molecule has 0 saturated heterocycles. The van der Waals surface area contributed by atoms with Crippen LogP contribution >= 0.6 is 0 Å². The maximum absolute atomic E-state index is 11.6. The Morgan fingerprint density at radius 1 is 1.50 bits per heavy atom. The molecule has 0 aliphatic rings. The van der Waals surface area contributed by atoms with Crippen LogP contribution in [0.15, 0.2) is 23.2 Å². The van der Waals surface area contributed by atoms with E-state index in [2.05, 4.69) is 4.98 Å². The van der Waals surface area contributed by atoms with Gasteiger partial charge in [0.15, 0.2) is 0 Å². The van der Waals surface area contributed by atoms with Crippen molar-refractivity contribution in [1.29, 1.82) is 0 Å². The summed E-state index contributed by atoms with van der Waals surface area (Å²) in [6, 6.07) is 1.74. The van der Waals surface area contributed by atoms with Crippen molar-refractivity contribution in [1.82, 2.24) is 9.71 Å². The topological polar surface area (TPSA) is 96.4 Å². The summed E-state index contributed by atoms with van der Waals surface area (Å²) in [5.74, 6) is -1.23. The molecule has 0 bridgehead atoms. The Morgan fingerprint density at radius 3 is 2.56 bits per heavy atom. The summed E-state index contributed by atoms with van der Waals surface area (Å²) in [7, 11) is -3.81. The highest BCUT2D eigenvalue weighted by atomic mass is 32.2. The Balaban J connectivity index is 2.94. The van der Waals surface area contributed by atoms with Crippen LogP contribution in [0.3, 0.4) is 0 Å². The van der Waals surface area contributed by atoms with Crippen molar-refractivity contribution in [2.45, 2.75) is 24.8 Å². The molecule has 1 aromatic rings. The molecule has 0 fully saturated rings. The summed E-state index contributed by atoms with van der Waals surface area (Å²) in [6.07, 6.45) is 1.19. The highest BCUT2D eigenvalue weighted by Crippen LogP contribution is 2.07. The van der Waals surface area contributed by atoms with Crippen molar-refractivity contribution < 1.29 is 18.3 Å². The summed E-state index contributed by atoms with van der Waals surface area (Å²) >= 11 is 0. The molecule has 0 aliphatic heterocycles. The number of aryl methyl sites for hydroxylation is 1. The van der Waals surface area contributed by atoms with Gasteiger partial charge < -0.3 is 5.11 Å². The summed E-state index contributed by atoms with van der Waals surface area (Å²) in [5, 5.41) is 8.59. The number of sulfonamides is 1. The van der Waals surface area contributed by atoms with E-state index in [1.165, 1.54) is 19.2 Å². The van der Waals surface area contributed by atoms with Gasteiger partial charge in [0.1, 0.15) is 10.9 Å². The lowest BCUT2D eigenvalue weighted by atomic mass is 10.4. The number of rotatable bonds is 4. The molecule has 2 N–H and O–H groups in total. The number of carboxylic acids is 1. The van der Waals surface area contributed by atoms with Gasteiger partial charge in [-0.15, -0.1) is 0 Å². The van der Waals surface area contributed by atoms with E-state index in [0.717, 1.165) is 0 Å². The molecule has 0 amide bonds. The van der Waals surface area contributed by atoms with Crippen LogP contribution < -0.4 is 4.72 Å². The average molecular weight is 244 g/mol. The number of carboxylic acid groups (broad SMARTS) is 1. The third-order valence-electron chi connectivity index (χ3n) is 1.90. The fourth-order valence-corrected chi connectivity index (χ4v) is 2.11. The van der Waals surface area contributed by atoms with E-state index in [9.17, 15) is 13.2 Å². The van der Waals surface area contributed by atoms with Gasteiger partial charge in [-0.3, -0.25) is 9.78 Å². The second-order valence-electron chi connectivity index (χ2n) is 3.32. The lowest BCUT2D eigenvalue weighted by Gasteiger charge is -2.09. The molecule has 1 atom stereocenters. The van der Waals surface area contributed by atoms with Gasteiger partial charge in [-0.1, -0.05) is 0 Å². The zero-order chi connectivity index (χ0) is 12.3. The molecule has 0 aromatic carbocycles. The number of pyridine rings is 1. The van der Waals surface area contributed by atoms with Gasteiger partial charge in [-0.25, -0.2) is 8.42 Å². The van der Waals surface area contributed by atoms with Crippen molar-refractivity contribution in [3.05, 3.63) is 24.0 Å². The smallest absolute Gasteiger partial charge is 0.321 e. The number of nitrogens with one attached hydrogen (secondary N) is 1. The number of carbonyl (C=O) groups is 1. The zero-order valence-corrected chi connectivity index (χ0v) is 9.65. The molecule has 0 aliphatic carbocycles. The van der Waals surface area contributed by atoms with Crippen LogP contribution in [0.4, 0.5) is 0 Å². The third kappa shape index (κ3) is 3.01. The highest BCUT2D eigenvalue weighted by molar-refractivity contribution is 7.89. The van der Waals surface area contributed by atoms with Crippen molar-refractivity contribution in [2.75, 3.05) is 0 Å². The van der Waals surface area contributed by atoms with Crippen LogP contribution in [-0.2, 0) is 14.8 Å². The highest BCUT2D eigenvalue weighted by Gasteiger charge is 2.21. The maximum atomic E-state index is 11.6. The fraction of sp³-hybridized carbons (Fsp3) is 0.333. The van der Waals surface area contributed by atoms with Crippen molar-refractivity contribution >= 4 is 16.0 Å². The first-order valence-corrected chi connectivity index (χ1v) is 5.99. The number of hydrogen-bond acceptors (Lipinski definition) is 4. The van der Waals surface area contributed by atoms with Crippen LogP contribution in [-0.4, -0.2) is 30.5 Å². The van der Waals surface area contributed by atoms with Gasteiger partial charge in [-0.05, 0) is 26.0 Å². The Kier molecular flexibility index (Phi) is 3.61. The van der Waals surface area contributed by atoms with Crippen LogP contribution in [0.5, 0.6) is 0 Å². The van der Waals surface area contributed by atoms with E-state index in [1.807, 2.05) is 4.72 Å². The minimum absolute atomic E-state index is 0.0498. The zero-order valence-electron chi connectivity index (χ0n) is 8.84. The monoisotopic (exact) mass is 244 g/mol. The van der Waals surface area contributed by atoms with Crippen LogP contribution in [0.1, 0.15) is 12.6 Å². The maximum Gasteiger partial charge on any atom is 0.321 e. The number of aromatic nitrogens is 1. The van der Waals surface area contributed by atoms with Gasteiger partial charge in [0, 0.05) is 11.9 Å². The summed E-state index contributed by atoms with van der Waals surface area (Å²) < 4.78 is 25.3. The van der Waals surface area contributed by atoms with E-state index in [1.54, 1.807) is 13.0 Å². The second-order valence-corrected chi connectivity index (χ2v) is 5.03. The first kappa shape index (κ1) is 12.6. The first-order valence-electron chi connectivity index (χ1n) is 4.51. The molecule has 0 radical (unpaired) electrons. The van der Waals surface area contributed by atoms with E-state index < -0.39 is 22.0 Å². The summed E-state index contributed by atoms with van der Waals surface area (Å²) in [4.78, 5) is 14.3.